The first-order valence-corrected chi connectivity index (χ1v) is 7.30. The maximum absolute atomic E-state index is 12.2. The molecule has 3 nitrogen and oxygen atoms in total. The third-order valence-corrected chi connectivity index (χ3v) is 4.32. The summed E-state index contributed by atoms with van der Waals surface area (Å²) >= 11 is 0. The van der Waals surface area contributed by atoms with E-state index in [9.17, 15) is 13.2 Å². The lowest BCUT2D eigenvalue weighted by molar-refractivity contribution is 0.103. The van der Waals surface area contributed by atoms with Crippen molar-refractivity contribution in [2.45, 2.75) is 11.8 Å². The topological polar surface area (TPSA) is 51.2 Å². The molecule has 0 aromatic heterocycles. The van der Waals surface area contributed by atoms with E-state index in [1.165, 1.54) is 6.07 Å². The molecule has 0 amide bonds. The molecule has 0 aliphatic heterocycles. The Balaban J connectivity index is 2.29. The summed E-state index contributed by atoms with van der Waals surface area (Å²) in [5, 5.41) is 0. The maximum Gasteiger partial charge on any atom is 0.190 e. The van der Waals surface area contributed by atoms with E-state index < -0.39 is 15.6 Å². The second-order valence-corrected chi connectivity index (χ2v) is 5.92. The van der Waals surface area contributed by atoms with Crippen LogP contribution in [0.4, 0.5) is 0 Å². The Hall–Kier alpha value is -1.94. The minimum atomic E-state index is -3.71. The zero-order chi connectivity index (χ0) is 13.9. The monoisotopic (exact) mass is 273 g/mol. The van der Waals surface area contributed by atoms with Gasteiger partial charge in [-0.15, -0.1) is 0 Å². The fourth-order valence-electron chi connectivity index (χ4n) is 1.75. The molecule has 0 spiro atoms. The van der Waals surface area contributed by atoms with Crippen LogP contribution in [0.5, 0.6) is 0 Å². The second kappa shape index (κ2) is 5.36. The van der Waals surface area contributed by atoms with Gasteiger partial charge in [-0.3, -0.25) is 4.79 Å². The molecule has 0 unspecified atom stereocenters. The predicted octanol–water partition coefficient (Wildman–Crippen LogP) is 2.81. The van der Waals surface area contributed by atoms with Gasteiger partial charge in [-0.25, -0.2) is 8.42 Å². The van der Waals surface area contributed by atoms with Crippen LogP contribution in [-0.2, 0) is 9.84 Å². The van der Waals surface area contributed by atoms with Gasteiger partial charge in [-0.2, -0.15) is 0 Å². The van der Waals surface area contributed by atoms with Crippen molar-refractivity contribution < 1.29 is 13.2 Å². The number of hydrogen-bond donors (Lipinski definition) is 0. The molecule has 0 heterocycles. The first-order chi connectivity index (χ1) is 9.00. The fraction of sp³-hybridized carbons (Fsp3) is 0.0667. The zero-order valence-corrected chi connectivity index (χ0v) is 11.2. The highest BCUT2D eigenvalue weighted by Gasteiger charge is 2.22. The van der Waals surface area contributed by atoms with E-state index in [4.69, 9.17) is 0 Å². The van der Waals surface area contributed by atoms with E-state index in [1.807, 2.05) is 0 Å². The molecule has 0 saturated carbocycles. The fourth-order valence-corrected chi connectivity index (χ4v) is 3.08. The SMILES string of the molecule is Cc1ccccc1S(=O)(=O)[CH]C(=O)c1ccccc1. The number of Topliss-reactive ketones (excluding diaryl/α,β-unsaturated/α-hetero) is 1. The third-order valence-electron chi connectivity index (χ3n) is 2.72. The van der Waals surface area contributed by atoms with Crippen LogP contribution in [0.3, 0.4) is 0 Å². The standard InChI is InChI=1S/C15H13O3S/c1-12-7-5-6-10-15(12)19(17,18)11-14(16)13-8-3-2-4-9-13/h2-11H,1H3. The Bertz CT molecular complexity index is 688. The third kappa shape index (κ3) is 3.09. The summed E-state index contributed by atoms with van der Waals surface area (Å²) in [4.78, 5) is 12.1. The van der Waals surface area contributed by atoms with Crippen molar-refractivity contribution in [2.24, 2.45) is 0 Å². The van der Waals surface area contributed by atoms with E-state index >= 15 is 0 Å². The Morgan fingerprint density at radius 1 is 0.947 bits per heavy atom. The van der Waals surface area contributed by atoms with Crippen molar-refractivity contribution in [3.8, 4) is 0 Å². The molecule has 0 bridgehead atoms. The van der Waals surface area contributed by atoms with Crippen molar-refractivity contribution >= 4 is 15.6 Å². The number of carbonyl (C=O) groups excluding carboxylic acids is 1. The number of aryl methyl sites for hydroxylation is 1. The number of hydrogen-bond acceptors (Lipinski definition) is 3. The number of benzene rings is 2. The molecule has 0 saturated heterocycles. The molecule has 97 valence electrons. The minimum Gasteiger partial charge on any atom is -0.293 e. The summed E-state index contributed by atoms with van der Waals surface area (Å²) in [6.07, 6.45) is 0. The number of sulfone groups is 1. The second-order valence-electron chi connectivity index (χ2n) is 4.16. The largest absolute Gasteiger partial charge is 0.293 e. The molecule has 0 aliphatic carbocycles. The van der Waals surface area contributed by atoms with E-state index in [0.29, 0.717) is 11.1 Å². The summed E-state index contributed by atoms with van der Waals surface area (Å²) in [7, 11) is -3.71. The van der Waals surface area contributed by atoms with Crippen molar-refractivity contribution in [3.05, 3.63) is 71.5 Å². The lowest BCUT2D eigenvalue weighted by Gasteiger charge is -2.06. The van der Waals surface area contributed by atoms with Gasteiger partial charge >= 0.3 is 0 Å². The van der Waals surface area contributed by atoms with Crippen LogP contribution in [0.1, 0.15) is 15.9 Å². The summed E-state index contributed by atoms with van der Waals surface area (Å²) < 4.78 is 24.3. The Labute approximate surface area is 112 Å². The van der Waals surface area contributed by atoms with Crippen LogP contribution in [0.15, 0.2) is 59.5 Å². The van der Waals surface area contributed by atoms with Gasteiger partial charge in [0.2, 0.25) is 0 Å². The van der Waals surface area contributed by atoms with Gasteiger partial charge in [-0.1, -0.05) is 48.5 Å². The van der Waals surface area contributed by atoms with Gasteiger partial charge in [-0.05, 0) is 18.6 Å². The average molecular weight is 273 g/mol. The van der Waals surface area contributed by atoms with Gasteiger partial charge in [0, 0.05) is 5.56 Å². The van der Waals surface area contributed by atoms with Crippen molar-refractivity contribution in [3.63, 3.8) is 0 Å². The Morgan fingerprint density at radius 3 is 2.16 bits per heavy atom. The van der Waals surface area contributed by atoms with Crippen molar-refractivity contribution in [2.75, 3.05) is 0 Å². The highest BCUT2D eigenvalue weighted by molar-refractivity contribution is 7.94. The number of rotatable bonds is 4. The van der Waals surface area contributed by atoms with E-state index in [2.05, 4.69) is 0 Å². The van der Waals surface area contributed by atoms with Crippen LogP contribution in [0.25, 0.3) is 0 Å². The van der Waals surface area contributed by atoms with Crippen LogP contribution < -0.4 is 0 Å². The molecule has 0 atom stereocenters. The van der Waals surface area contributed by atoms with E-state index in [1.54, 1.807) is 55.5 Å². The van der Waals surface area contributed by atoms with E-state index in [-0.39, 0.29) is 4.90 Å². The molecule has 4 heteroatoms. The highest BCUT2D eigenvalue weighted by atomic mass is 32.2. The number of ketones is 1. The molecule has 1 radical (unpaired) electrons. The lowest BCUT2D eigenvalue weighted by atomic mass is 10.2. The van der Waals surface area contributed by atoms with Gasteiger partial charge in [0.25, 0.3) is 0 Å². The smallest absolute Gasteiger partial charge is 0.190 e. The van der Waals surface area contributed by atoms with Gasteiger partial charge < -0.3 is 0 Å². The molecule has 2 aromatic carbocycles. The van der Waals surface area contributed by atoms with Crippen LogP contribution in [-0.4, -0.2) is 14.2 Å². The summed E-state index contributed by atoms with van der Waals surface area (Å²) in [5.74, 6) is 0.272. The molecular formula is C15H13O3S. The predicted molar refractivity (Wildman–Crippen MR) is 73.4 cm³/mol. The first kappa shape index (κ1) is 13.5. The quantitative estimate of drug-likeness (QED) is 0.805. The first-order valence-electron chi connectivity index (χ1n) is 5.75. The molecule has 0 aliphatic rings. The molecule has 0 fully saturated rings. The molecule has 2 rings (SSSR count). The lowest BCUT2D eigenvalue weighted by Crippen LogP contribution is -2.11. The van der Waals surface area contributed by atoms with Gasteiger partial charge in [0.05, 0.1) is 4.90 Å². The zero-order valence-electron chi connectivity index (χ0n) is 10.4. The van der Waals surface area contributed by atoms with Gasteiger partial charge in [0.1, 0.15) is 0 Å². The molecule has 0 N–H and O–H groups in total. The summed E-state index contributed by atoms with van der Waals surface area (Å²) in [5.41, 5.74) is 0.985. The average Bonchev–Trinajstić information content (AvgIpc) is 2.39. The number of carbonyl (C=O) groups is 1. The Kier molecular flexibility index (Phi) is 3.81. The van der Waals surface area contributed by atoms with Crippen molar-refractivity contribution in [1.82, 2.24) is 0 Å². The molecule has 2 aromatic rings. The van der Waals surface area contributed by atoms with Crippen molar-refractivity contribution in [1.29, 1.82) is 0 Å². The summed E-state index contributed by atoms with van der Waals surface area (Å²) in [6.45, 7) is 1.70. The van der Waals surface area contributed by atoms with Gasteiger partial charge in [0.15, 0.2) is 21.4 Å². The minimum absolute atomic E-state index is 0.166. The van der Waals surface area contributed by atoms with E-state index in [0.717, 1.165) is 5.75 Å². The highest BCUT2D eigenvalue weighted by Crippen LogP contribution is 2.19. The van der Waals surface area contributed by atoms with Crippen LogP contribution >= 0.6 is 0 Å². The van der Waals surface area contributed by atoms with Crippen LogP contribution in [0, 0.1) is 12.7 Å². The normalized spacial score (nSPS) is 11.2. The molecular weight excluding hydrogens is 260 g/mol. The molecule has 19 heavy (non-hydrogen) atoms. The summed E-state index contributed by atoms with van der Waals surface area (Å²) in [6, 6.07) is 14.9. The Morgan fingerprint density at radius 2 is 1.53 bits per heavy atom. The van der Waals surface area contributed by atoms with Crippen LogP contribution in [0.2, 0.25) is 0 Å². The maximum atomic E-state index is 12.2.